The monoisotopic (exact) mass is 249 g/mol. The standard InChI is InChI=1S/C11H13F2NO.ClH/c1-11(12,13)7-3-4-8-9(14-2)6-15-10(8)5-7;/h3-5,9,14H,6H2,1-2H3;1H/t9-;/m1./s1. The lowest BCUT2D eigenvalue weighted by Crippen LogP contribution is -2.17. The largest absolute Gasteiger partial charge is 0.491 e. The average Bonchev–Trinajstić information content (AvgIpc) is 2.58. The number of hydrogen-bond acceptors (Lipinski definition) is 2. The van der Waals surface area contributed by atoms with Crippen molar-refractivity contribution >= 4 is 12.4 Å². The summed E-state index contributed by atoms with van der Waals surface area (Å²) in [6, 6.07) is 4.69. The quantitative estimate of drug-likeness (QED) is 0.870. The molecule has 0 amide bonds. The van der Waals surface area contributed by atoms with E-state index in [2.05, 4.69) is 5.32 Å². The molecule has 0 aromatic heterocycles. The molecule has 1 N–H and O–H groups in total. The van der Waals surface area contributed by atoms with Crippen molar-refractivity contribution in [3.05, 3.63) is 29.3 Å². The summed E-state index contributed by atoms with van der Waals surface area (Å²) in [6.07, 6.45) is 0. The first-order chi connectivity index (χ1) is 7.02. The van der Waals surface area contributed by atoms with Crippen LogP contribution in [0.2, 0.25) is 0 Å². The van der Waals surface area contributed by atoms with Gasteiger partial charge < -0.3 is 10.1 Å². The molecular weight excluding hydrogens is 236 g/mol. The van der Waals surface area contributed by atoms with Crippen LogP contribution in [-0.2, 0) is 5.92 Å². The van der Waals surface area contributed by atoms with Gasteiger partial charge in [0.05, 0.1) is 6.04 Å². The number of alkyl halides is 2. The summed E-state index contributed by atoms with van der Waals surface area (Å²) < 4.78 is 31.4. The van der Waals surface area contributed by atoms with Crippen LogP contribution < -0.4 is 10.1 Å². The Labute approximate surface area is 99.4 Å². The Hall–Kier alpha value is -0.870. The van der Waals surface area contributed by atoms with E-state index in [0.717, 1.165) is 12.5 Å². The van der Waals surface area contributed by atoms with E-state index in [4.69, 9.17) is 4.74 Å². The maximum atomic E-state index is 13.0. The van der Waals surface area contributed by atoms with E-state index in [1.807, 2.05) is 7.05 Å². The van der Waals surface area contributed by atoms with E-state index < -0.39 is 5.92 Å². The van der Waals surface area contributed by atoms with Crippen molar-refractivity contribution in [2.75, 3.05) is 13.7 Å². The van der Waals surface area contributed by atoms with Gasteiger partial charge in [-0.1, -0.05) is 12.1 Å². The SMILES string of the molecule is CN[C@@H]1COc2cc(C(C)(F)F)ccc21.Cl. The van der Waals surface area contributed by atoms with Gasteiger partial charge >= 0.3 is 0 Å². The lowest BCUT2D eigenvalue weighted by atomic mass is 10.0. The highest BCUT2D eigenvalue weighted by Crippen LogP contribution is 2.37. The zero-order valence-electron chi connectivity index (χ0n) is 9.09. The molecule has 16 heavy (non-hydrogen) atoms. The van der Waals surface area contributed by atoms with Crippen LogP contribution in [-0.4, -0.2) is 13.7 Å². The molecule has 0 saturated carbocycles. The van der Waals surface area contributed by atoms with E-state index in [1.165, 1.54) is 12.1 Å². The molecule has 0 spiro atoms. The van der Waals surface area contributed by atoms with Gasteiger partial charge in [-0.05, 0) is 13.1 Å². The fourth-order valence-electron chi connectivity index (χ4n) is 1.72. The minimum absolute atomic E-state index is 0. The Morgan fingerprint density at radius 2 is 2.12 bits per heavy atom. The number of ether oxygens (including phenoxy) is 1. The third-order valence-electron chi connectivity index (χ3n) is 2.65. The van der Waals surface area contributed by atoms with E-state index in [0.29, 0.717) is 12.4 Å². The van der Waals surface area contributed by atoms with Gasteiger partial charge in [-0.25, -0.2) is 8.78 Å². The van der Waals surface area contributed by atoms with Crippen LogP contribution in [0.25, 0.3) is 0 Å². The molecule has 2 nitrogen and oxygen atoms in total. The minimum atomic E-state index is -2.81. The molecule has 0 saturated heterocycles. The molecule has 0 unspecified atom stereocenters. The second-order valence-electron chi connectivity index (χ2n) is 3.79. The molecule has 1 aliphatic heterocycles. The Morgan fingerprint density at radius 1 is 1.44 bits per heavy atom. The van der Waals surface area contributed by atoms with Crippen LogP contribution in [0.5, 0.6) is 5.75 Å². The maximum Gasteiger partial charge on any atom is 0.270 e. The minimum Gasteiger partial charge on any atom is -0.491 e. The smallest absolute Gasteiger partial charge is 0.270 e. The summed E-state index contributed by atoms with van der Waals surface area (Å²) in [7, 11) is 1.82. The lowest BCUT2D eigenvalue weighted by Gasteiger charge is -2.12. The highest BCUT2D eigenvalue weighted by Gasteiger charge is 2.29. The van der Waals surface area contributed by atoms with Gasteiger partial charge in [0.2, 0.25) is 0 Å². The van der Waals surface area contributed by atoms with Gasteiger partial charge in [-0.15, -0.1) is 12.4 Å². The summed E-state index contributed by atoms with van der Waals surface area (Å²) in [5.41, 5.74) is 0.948. The van der Waals surface area contributed by atoms with Crippen molar-refractivity contribution in [1.29, 1.82) is 0 Å². The molecule has 90 valence electrons. The summed E-state index contributed by atoms with van der Waals surface area (Å²) in [5.74, 6) is -2.25. The van der Waals surface area contributed by atoms with Crippen LogP contribution in [0, 0.1) is 0 Å². The van der Waals surface area contributed by atoms with Crippen molar-refractivity contribution < 1.29 is 13.5 Å². The van der Waals surface area contributed by atoms with Crippen molar-refractivity contribution in [2.24, 2.45) is 0 Å². The molecule has 1 atom stereocenters. The number of fused-ring (bicyclic) bond motifs is 1. The summed E-state index contributed by atoms with van der Waals surface area (Å²) in [4.78, 5) is 0. The summed E-state index contributed by atoms with van der Waals surface area (Å²) in [5, 5.41) is 3.07. The zero-order valence-corrected chi connectivity index (χ0v) is 9.91. The van der Waals surface area contributed by atoms with E-state index in [1.54, 1.807) is 6.07 Å². The Balaban J connectivity index is 0.00000128. The molecule has 1 aliphatic rings. The molecule has 1 aromatic rings. The van der Waals surface area contributed by atoms with E-state index in [9.17, 15) is 8.78 Å². The molecule has 0 radical (unpaired) electrons. The van der Waals surface area contributed by atoms with E-state index in [-0.39, 0.29) is 24.0 Å². The first-order valence-electron chi connectivity index (χ1n) is 4.84. The van der Waals surface area contributed by atoms with Crippen LogP contribution in [0.3, 0.4) is 0 Å². The highest BCUT2D eigenvalue weighted by atomic mass is 35.5. The first-order valence-corrected chi connectivity index (χ1v) is 4.84. The molecule has 0 aliphatic carbocycles. The third-order valence-corrected chi connectivity index (χ3v) is 2.65. The van der Waals surface area contributed by atoms with Gasteiger partial charge in [0.25, 0.3) is 5.92 Å². The Bertz CT molecular complexity index is 379. The molecule has 2 rings (SSSR count). The van der Waals surface area contributed by atoms with E-state index >= 15 is 0 Å². The van der Waals surface area contributed by atoms with Crippen LogP contribution in [0.15, 0.2) is 18.2 Å². The number of hydrogen-bond donors (Lipinski definition) is 1. The van der Waals surface area contributed by atoms with Crippen molar-refractivity contribution in [3.8, 4) is 5.75 Å². The topological polar surface area (TPSA) is 21.3 Å². The number of likely N-dealkylation sites (N-methyl/N-ethyl adjacent to an activating group) is 1. The summed E-state index contributed by atoms with van der Waals surface area (Å²) >= 11 is 0. The molecule has 0 fully saturated rings. The van der Waals surface area contributed by atoms with Gasteiger partial charge in [0.1, 0.15) is 12.4 Å². The molecule has 1 aromatic carbocycles. The van der Waals surface area contributed by atoms with Crippen LogP contribution in [0.1, 0.15) is 24.1 Å². The molecular formula is C11H14ClF2NO. The van der Waals surface area contributed by atoms with Crippen molar-refractivity contribution in [3.63, 3.8) is 0 Å². The van der Waals surface area contributed by atoms with Crippen molar-refractivity contribution in [1.82, 2.24) is 5.32 Å². The number of halogens is 3. The number of benzene rings is 1. The van der Waals surface area contributed by atoms with Crippen LogP contribution >= 0.6 is 12.4 Å². The number of nitrogens with one attached hydrogen (secondary N) is 1. The zero-order chi connectivity index (χ0) is 11.1. The van der Waals surface area contributed by atoms with Crippen LogP contribution in [0.4, 0.5) is 8.78 Å². The Morgan fingerprint density at radius 3 is 2.69 bits per heavy atom. The lowest BCUT2D eigenvalue weighted by molar-refractivity contribution is 0.0173. The van der Waals surface area contributed by atoms with Gasteiger partial charge in [0, 0.05) is 18.1 Å². The first kappa shape index (κ1) is 13.2. The Kier molecular flexibility index (Phi) is 3.76. The normalized spacial score (nSPS) is 18.6. The molecule has 5 heteroatoms. The van der Waals surface area contributed by atoms with Gasteiger partial charge in [0.15, 0.2) is 0 Å². The maximum absolute atomic E-state index is 13.0. The molecule has 0 bridgehead atoms. The molecule has 1 heterocycles. The predicted octanol–water partition coefficient (Wildman–Crippen LogP) is 2.87. The van der Waals surface area contributed by atoms with Crippen molar-refractivity contribution in [2.45, 2.75) is 18.9 Å². The van der Waals surface area contributed by atoms with Gasteiger partial charge in [-0.2, -0.15) is 0 Å². The number of rotatable bonds is 2. The second kappa shape index (κ2) is 4.55. The van der Waals surface area contributed by atoms with Gasteiger partial charge in [-0.3, -0.25) is 0 Å². The third kappa shape index (κ3) is 2.28. The fraction of sp³-hybridized carbons (Fsp3) is 0.455. The highest BCUT2D eigenvalue weighted by molar-refractivity contribution is 5.85. The average molecular weight is 250 g/mol. The summed E-state index contributed by atoms with van der Waals surface area (Å²) in [6.45, 7) is 1.39. The fourth-order valence-corrected chi connectivity index (χ4v) is 1.72. The predicted molar refractivity (Wildman–Crippen MR) is 60.6 cm³/mol. The second-order valence-corrected chi connectivity index (χ2v) is 3.79.